The minimum Gasteiger partial charge on any atom is -0.497 e. The van der Waals surface area contributed by atoms with Crippen molar-refractivity contribution in [1.29, 1.82) is 0 Å². The lowest BCUT2D eigenvalue weighted by atomic mass is 9.96. The fourth-order valence-electron chi connectivity index (χ4n) is 5.36. The summed E-state index contributed by atoms with van der Waals surface area (Å²) in [6.07, 6.45) is 2.24. The van der Waals surface area contributed by atoms with Crippen molar-refractivity contribution in [2.45, 2.75) is 46.2 Å². The second-order valence-corrected chi connectivity index (χ2v) is 10.1. The Hall–Kier alpha value is -4.17. The molecule has 1 aliphatic heterocycles. The fraction of sp³-hybridized carbons (Fsp3) is 0.258. The molecule has 3 heterocycles. The van der Waals surface area contributed by atoms with Gasteiger partial charge in [-0.25, -0.2) is 0 Å². The van der Waals surface area contributed by atoms with Crippen LogP contribution in [0.15, 0.2) is 72.9 Å². The van der Waals surface area contributed by atoms with Crippen molar-refractivity contribution < 1.29 is 9.53 Å². The summed E-state index contributed by atoms with van der Waals surface area (Å²) >= 11 is 5.94. The zero-order chi connectivity index (χ0) is 27.7. The summed E-state index contributed by atoms with van der Waals surface area (Å²) in [5, 5.41) is 7.17. The van der Waals surface area contributed by atoms with E-state index in [-0.39, 0.29) is 18.0 Å². The molecule has 8 heteroatoms. The Kier molecular flexibility index (Phi) is 7.39. The molecule has 4 aromatic rings. The van der Waals surface area contributed by atoms with E-state index < -0.39 is 0 Å². The van der Waals surface area contributed by atoms with E-state index in [0.717, 1.165) is 51.0 Å². The van der Waals surface area contributed by atoms with Gasteiger partial charge in [-0.1, -0.05) is 19.1 Å². The summed E-state index contributed by atoms with van der Waals surface area (Å²) in [4.78, 5) is 18.9. The first-order valence-electron chi connectivity index (χ1n) is 13.1. The van der Waals surface area contributed by atoms with Gasteiger partial charge < -0.3 is 24.8 Å². The normalized spacial score (nSPS) is 16.7. The van der Waals surface area contributed by atoms with Gasteiger partial charge in [0.05, 0.1) is 24.9 Å². The Balaban J connectivity index is 1.63. The Morgan fingerprint density at radius 1 is 1.05 bits per heavy atom. The van der Waals surface area contributed by atoms with Crippen molar-refractivity contribution in [2.24, 2.45) is 0 Å². The molecule has 7 nitrogen and oxygen atoms in total. The molecule has 1 amide bonds. The number of aromatic nitrogens is 2. The van der Waals surface area contributed by atoms with Crippen molar-refractivity contribution in [3.05, 3.63) is 101 Å². The van der Waals surface area contributed by atoms with E-state index in [9.17, 15) is 4.79 Å². The summed E-state index contributed by atoms with van der Waals surface area (Å²) in [5.41, 5.74) is 8.07. The van der Waals surface area contributed by atoms with Crippen molar-refractivity contribution in [3.63, 3.8) is 0 Å². The Bertz CT molecular complexity index is 1530. The van der Waals surface area contributed by atoms with Crippen molar-refractivity contribution in [3.8, 4) is 11.4 Å². The highest BCUT2D eigenvalue weighted by Crippen LogP contribution is 2.44. The molecule has 1 saturated heterocycles. The predicted octanol–water partition coefficient (Wildman–Crippen LogP) is 6.33. The van der Waals surface area contributed by atoms with Gasteiger partial charge in [-0.05, 0) is 92.6 Å². The van der Waals surface area contributed by atoms with Crippen LogP contribution in [-0.4, -0.2) is 27.7 Å². The van der Waals surface area contributed by atoms with Crippen LogP contribution in [-0.2, 0) is 4.79 Å². The molecule has 2 atom stereocenters. The number of thiocarbonyl (C=S) groups is 1. The smallest absolute Gasteiger partial charge is 0.224 e. The van der Waals surface area contributed by atoms with Crippen molar-refractivity contribution in [2.75, 3.05) is 17.3 Å². The maximum Gasteiger partial charge on any atom is 0.224 e. The van der Waals surface area contributed by atoms with E-state index in [2.05, 4.69) is 52.1 Å². The third-order valence-electron chi connectivity index (χ3n) is 7.28. The number of carbonyl (C=O) groups excluding carboxylic acids is 1. The van der Waals surface area contributed by atoms with Crippen molar-refractivity contribution >= 4 is 34.6 Å². The molecule has 1 aliphatic rings. The van der Waals surface area contributed by atoms with Crippen LogP contribution in [0.2, 0.25) is 0 Å². The van der Waals surface area contributed by atoms with Gasteiger partial charge in [-0.2, -0.15) is 0 Å². The molecule has 2 N–H and O–H groups in total. The molecule has 0 bridgehead atoms. The fourth-order valence-corrected chi connectivity index (χ4v) is 5.71. The molecule has 39 heavy (non-hydrogen) atoms. The van der Waals surface area contributed by atoms with Gasteiger partial charge >= 0.3 is 0 Å². The summed E-state index contributed by atoms with van der Waals surface area (Å²) in [5.74, 6) is 0.797. The quantitative estimate of drug-likeness (QED) is 0.267. The van der Waals surface area contributed by atoms with Crippen LogP contribution in [0.5, 0.6) is 5.75 Å². The second kappa shape index (κ2) is 10.9. The Labute approximate surface area is 234 Å². The number of nitrogens with zero attached hydrogens (tertiary/aromatic N) is 3. The zero-order valence-corrected chi connectivity index (χ0v) is 23.7. The highest BCUT2D eigenvalue weighted by molar-refractivity contribution is 7.80. The van der Waals surface area contributed by atoms with E-state index in [0.29, 0.717) is 11.5 Å². The maximum atomic E-state index is 12.0. The number of methoxy groups -OCH3 is 1. The van der Waals surface area contributed by atoms with Crippen LogP contribution in [0.4, 0.5) is 11.4 Å². The van der Waals surface area contributed by atoms with E-state index in [1.807, 2.05) is 68.6 Å². The van der Waals surface area contributed by atoms with Crippen LogP contribution in [0, 0.1) is 20.8 Å². The number of ether oxygens (including phenoxy) is 1. The molecule has 0 spiro atoms. The first kappa shape index (κ1) is 26.4. The topological polar surface area (TPSA) is 71.4 Å². The lowest BCUT2D eigenvalue weighted by Gasteiger charge is -2.29. The summed E-state index contributed by atoms with van der Waals surface area (Å²) in [6, 6.07) is 22.0. The van der Waals surface area contributed by atoms with E-state index >= 15 is 0 Å². The van der Waals surface area contributed by atoms with E-state index in [4.69, 9.17) is 21.9 Å². The van der Waals surface area contributed by atoms with Gasteiger partial charge in [0.2, 0.25) is 5.91 Å². The molecular formula is C31H33N5O2S. The second-order valence-electron chi connectivity index (χ2n) is 9.76. The Morgan fingerprint density at radius 3 is 2.56 bits per heavy atom. The van der Waals surface area contributed by atoms with Crippen LogP contribution in [0.1, 0.15) is 53.6 Å². The minimum atomic E-state index is -0.155. The number of hydrogen-bond donors (Lipinski definition) is 2. The average molecular weight is 540 g/mol. The van der Waals surface area contributed by atoms with Crippen molar-refractivity contribution in [1.82, 2.24) is 14.9 Å². The lowest BCUT2D eigenvalue weighted by Crippen LogP contribution is -2.29. The summed E-state index contributed by atoms with van der Waals surface area (Å²) < 4.78 is 7.75. The van der Waals surface area contributed by atoms with Gasteiger partial charge in [-0.3, -0.25) is 9.78 Å². The predicted molar refractivity (Wildman–Crippen MR) is 160 cm³/mol. The third kappa shape index (κ3) is 5.00. The van der Waals surface area contributed by atoms with Gasteiger partial charge in [0, 0.05) is 47.1 Å². The summed E-state index contributed by atoms with van der Waals surface area (Å²) in [6.45, 7) is 8.11. The lowest BCUT2D eigenvalue weighted by molar-refractivity contribution is -0.115. The molecular weight excluding hydrogens is 506 g/mol. The van der Waals surface area contributed by atoms with Crippen LogP contribution >= 0.6 is 12.2 Å². The number of nitrogens with one attached hydrogen (secondary N) is 2. The number of amides is 1. The standard InChI is InChI=1S/C31H33N5O2S/c1-6-28(37)33-26-14-13-23(16-19(26)2)36-30(29(34-31(36)39)27-12-7-8-15-32-27)25-17-20(3)35(21(25)4)22-10-9-11-24(18-22)38-5/h7-18,29-30H,6H2,1-5H3,(H,33,37)(H,34,39)/t29-,30+/m1/s1. The number of hydrogen-bond acceptors (Lipinski definition) is 4. The Morgan fingerprint density at radius 2 is 1.87 bits per heavy atom. The van der Waals surface area contributed by atoms with E-state index in [1.165, 1.54) is 0 Å². The number of anilines is 2. The number of benzene rings is 2. The van der Waals surface area contributed by atoms with Crippen LogP contribution in [0.25, 0.3) is 5.69 Å². The van der Waals surface area contributed by atoms with E-state index in [1.54, 1.807) is 7.11 Å². The molecule has 5 rings (SSSR count). The first-order valence-corrected chi connectivity index (χ1v) is 13.5. The molecule has 0 aliphatic carbocycles. The van der Waals surface area contributed by atoms with Gasteiger partial charge in [0.15, 0.2) is 5.11 Å². The molecule has 1 fully saturated rings. The molecule has 0 radical (unpaired) electrons. The highest BCUT2D eigenvalue weighted by Gasteiger charge is 2.42. The number of rotatable bonds is 7. The molecule has 0 unspecified atom stereocenters. The van der Waals surface area contributed by atoms with Crippen LogP contribution in [0.3, 0.4) is 0 Å². The molecule has 2 aromatic heterocycles. The highest BCUT2D eigenvalue weighted by atomic mass is 32.1. The average Bonchev–Trinajstić information content (AvgIpc) is 3.44. The third-order valence-corrected chi connectivity index (χ3v) is 7.60. The van der Waals surface area contributed by atoms with Gasteiger partial charge in [0.25, 0.3) is 0 Å². The maximum absolute atomic E-state index is 12.0. The number of carbonyl (C=O) groups is 1. The molecule has 0 saturated carbocycles. The largest absolute Gasteiger partial charge is 0.497 e. The molecule has 200 valence electrons. The minimum absolute atomic E-state index is 0.0118. The number of pyridine rings is 1. The van der Waals surface area contributed by atoms with Gasteiger partial charge in [0.1, 0.15) is 5.75 Å². The number of aryl methyl sites for hydroxylation is 2. The van der Waals surface area contributed by atoms with Gasteiger partial charge in [-0.15, -0.1) is 0 Å². The SMILES string of the molecule is CCC(=O)Nc1ccc(N2C(=S)N[C@H](c3ccccn3)[C@@H]2c2cc(C)n(-c3cccc(OC)c3)c2C)cc1C. The molecule has 2 aromatic carbocycles. The van der Waals surface area contributed by atoms with Crippen LogP contribution < -0.4 is 20.3 Å². The first-order chi connectivity index (χ1) is 18.8. The monoisotopic (exact) mass is 539 g/mol. The zero-order valence-electron chi connectivity index (χ0n) is 22.9. The summed E-state index contributed by atoms with van der Waals surface area (Å²) in [7, 11) is 1.68.